The lowest BCUT2D eigenvalue weighted by Crippen LogP contribution is -2.54. The Morgan fingerprint density at radius 3 is 2.75 bits per heavy atom. The molecule has 6 nitrogen and oxygen atoms in total. The second kappa shape index (κ2) is 5.90. The Bertz CT molecular complexity index is 512. The fourth-order valence-corrected chi connectivity index (χ4v) is 2.34. The molecule has 1 aromatic heterocycles. The molecule has 2 rings (SSSR count). The molecule has 1 fully saturated rings. The monoisotopic (exact) mass is 277 g/mol. The van der Waals surface area contributed by atoms with Gasteiger partial charge in [0, 0.05) is 31.7 Å². The van der Waals surface area contributed by atoms with Gasteiger partial charge < -0.3 is 14.9 Å². The van der Waals surface area contributed by atoms with Crippen LogP contribution in [0.2, 0.25) is 0 Å². The average Bonchev–Trinajstić information content (AvgIpc) is 2.32. The summed E-state index contributed by atoms with van der Waals surface area (Å²) < 4.78 is 0. The van der Waals surface area contributed by atoms with Crippen molar-refractivity contribution in [2.75, 3.05) is 20.1 Å². The highest BCUT2D eigenvalue weighted by atomic mass is 16.4. The molecule has 6 heteroatoms. The van der Waals surface area contributed by atoms with Gasteiger partial charge in [-0.05, 0) is 19.1 Å². The SMILES string of the molecule is Cc1cccc(CN(C)C(=O)N2CC(CC(=O)O)C2)n1. The maximum absolute atomic E-state index is 12.1. The predicted octanol–water partition coefficient (Wildman–Crippen LogP) is 1.35. The van der Waals surface area contributed by atoms with Crippen LogP contribution in [0.4, 0.5) is 4.79 Å². The zero-order chi connectivity index (χ0) is 14.7. The van der Waals surface area contributed by atoms with E-state index in [1.54, 1.807) is 16.8 Å². The molecule has 1 N–H and O–H groups in total. The molecule has 0 bridgehead atoms. The van der Waals surface area contributed by atoms with Crippen LogP contribution in [0.15, 0.2) is 18.2 Å². The molecule has 0 radical (unpaired) electrons. The molecule has 0 saturated carbocycles. The van der Waals surface area contributed by atoms with Gasteiger partial charge >= 0.3 is 12.0 Å². The minimum atomic E-state index is -0.806. The van der Waals surface area contributed by atoms with E-state index in [9.17, 15) is 9.59 Å². The quantitative estimate of drug-likeness (QED) is 0.901. The third-order valence-electron chi connectivity index (χ3n) is 3.36. The molecule has 1 saturated heterocycles. The van der Waals surface area contributed by atoms with E-state index in [-0.39, 0.29) is 18.4 Å². The van der Waals surface area contributed by atoms with Crippen molar-refractivity contribution in [2.45, 2.75) is 19.9 Å². The van der Waals surface area contributed by atoms with E-state index in [0.717, 1.165) is 11.4 Å². The summed E-state index contributed by atoms with van der Waals surface area (Å²) in [5, 5.41) is 8.68. The van der Waals surface area contributed by atoms with E-state index in [4.69, 9.17) is 5.11 Å². The predicted molar refractivity (Wildman–Crippen MR) is 73.2 cm³/mol. The molecule has 1 aliphatic rings. The molecule has 0 atom stereocenters. The fourth-order valence-electron chi connectivity index (χ4n) is 2.34. The van der Waals surface area contributed by atoms with Crippen molar-refractivity contribution in [3.8, 4) is 0 Å². The Balaban J connectivity index is 1.83. The van der Waals surface area contributed by atoms with Gasteiger partial charge in [-0.25, -0.2) is 4.79 Å². The molecule has 1 aromatic rings. The van der Waals surface area contributed by atoms with Crippen LogP contribution < -0.4 is 0 Å². The van der Waals surface area contributed by atoms with Gasteiger partial charge in [0.25, 0.3) is 0 Å². The number of hydrogen-bond donors (Lipinski definition) is 1. The summed E-state index contributed by atoms with van der Waals surface area (Å²) in [5.41, 5.74) is 1.78. The highest BCUT2D eigenvalue weighted by Crippen LogP contribution is 2.20. The number of aliphatic carboxylic acids is 1. The second-order valence-corrected chi connectivity index (χ2v) is 5.28. The maximum atomic E-state index is 12.1. The summed E-state index contributed by atoms with van der Waals surface area (Å²) in [7, 11) is 1.73. The summed E-state index contributed by atoms with van der Waals surface area (Å²) >= 11 is 0. The van der Waals surface area contributed by atoms with Crippen LogP contribution in [-0.2, 0) is 11.3 Å². The van der Waals surface area contributed by atoms with E-state index in [2.05, 4.69) is 4.98 Å². The summed E-state index contributed by atoms with van der Waals surface area (Å²) in [4.78, 5) is 30.3. The van der Waals surface area contributed by atoms with Crippen molar-refractivity contribution in [2.24, 2.45) is 5.92 Å². The Morgan fingerprint density at radius 1 is 1.45 bits per heavy atom. The van der Waals surface area contributed by atoms with Gasteiger partial charge in [0.1, 0.15) is 0 Å². The number of aromatic nitrogens is 1. The summed E-state index contributed by atoms with van der Waals surface area (Å²) in [5.74, 6) is -0.721. The normalized spacial score (nSPS) is 14.8. The van der Waals surface area contributed by atoms with Crippen LogP contribution in [0.3, 0.4) is 0 Å². The number of carbonyl (C=O) groups excluding carboxylic acids is 1. The van der Waals surface area contributed by atoms with E-state index in [1.807, 2.05) is 25.1 Å². The van der Waals surface area contributed by atoms with Gasteiger partial charge in [0.05, 0.1) is 18.7 Å². The van der Waals surface area contributed by atoms with Crippen molar-refractivity contribution < 1.29 is 14.7 Å². The summed E-state index contributed by atoms with van der Waals surface area (Å²) in [6.07, 6.45) is 0.132. The third-order valence-corrected chi connectivity index (χ3v) is 3.36. The van der Waals surface area contributed by atoms with Crippen LogP contribution in [0.5, 0.6) is 0 Å². The number of carboxylic acid groups (broad SMARTS) is 1. The number of urea groups is 1. The molecule has 0 aromatic carbocycles. The minimum absolute atomic E-state index is 0.0741. The maximum Gasteiger partial charge on any atom is 0.320 e. The van der Waals surface area contributed by atoms with E-state index in [1.165, 1.54) is 0 Å². The minimum Gasteiger partial charge on any atom is -0.481 e. The molecule has 2 amide bonds. The number of likely N-dealkylation sites (tertiary alicyclic amines) is 1. The molecular weight excluding hydrogens is 258 g/mol. The lowest BCUT2D eigenvalue weighted by atomic mass is 9.97. The van der Waals surface area contributed by atoms with E-state index >= 15 is 0 Å². The molecule has 20 heavy (non-hydrogen) atoms. The topological polar surface area (TPSA) is 73.7 Å². The number of rotatable bonds is 4. The van der Waals surface area contributed by atoms with Crippen molar-refractivity contribution in [3.63, 3.8) is 0 Å². The number of carboxylic acids is 1. The molecule has 0 aliphatic carbocycles. The van der Waals surface area contributed by atoms with Gasteiger partial charge in [0.2, 0.25) is 0 Å². The van der Waals surface area contributed by atoms with E-state index in [0.29, 0.717) is 19.6 Å². The van der Waals surface area contributed by atoms with Crippen molar-refractivity contribution in [3.05, 3.63) is 29.6 Å². The Hall–Kier alpha value is -2.11. The van der Waals surface area contributed by atoms with Gasteiger partial charge in [-0.1, -0.05) is 6.07 Å². The second-order valence-electron chi connectivity index (χ2n) is 5.28. The molecule has 0 unspecified atom stereocenters. The highest BCUT2D eigenvalue weighted by molar-refractivity contribution is 5.75. The molecule has 1 aliphatic heterocycles. The van der Waals surface area contributed by atoms with E-state index < -0.39 is 5.97 Å². The number of nitrogens with zero attached hydrogens (tertiary/aromatic N) is 3. The molecule has 0 spiro atoms. The van der Waals surface area contributed by atoms with Gasteiger partial charge in [-0.2, -0.15) is 0 Å². The number of pyridine rings is 1. The van der Waals surface area contributed by atoms with Crippen LogP contribution in [0.1, 0.15) is 17.8 Å². The van der Waals surface area contributed by atoms with Gasteiger partial charge in [-0.3, -0.25) is 9.78 Å². The number of amides is 2. The third kappa shape index (κ3) is 3.46. The lowest BCUT2D eigenvalue weighted by molar-refractivity contribution is -0.139. The average molecular weight is 277 g/mol. The highest BCUT2D eigenvalue weighted by Gasteiger charge is 2.33. The summed E-state index contributed by atoms with van der Waals surface area (Å²) in [6, 6.07) is 5.65. The van der Waals surface area contributed by atoms with Crippen LogP contribution in [0.25, 0.3) is 0 Å². The Morgan fingerprint density at radius 2 is 2.15 bits per heavy atom. The van der Waals surface area contributed by atoms with Crippen molar-refractivity contribution in [1.29, 1.82) is 0 Å². The first-order valence-electron chi connectivity index (χ1n) is 6.60. The smallest absolute Gasteiger partial charge is 0.320 e. The Kier molecular flexibility index (Phi) is 4.22. The fraction of sp³-hybridized carbons (Fsp3) is 0.500. The zero-order valence-electron chi connectivity index (χ0n) is 11.7. The number of carbonyl (C=O) groups is 2. The molecule has 108 valence electrons. The van der Waals surface area contributed by atoms with Crippen molar-refractivity contribution in [1.82, 2.24) is 14.8 Å². The first-order valence-corrected chi connectivity index (χ1v) is 6.60. The first-order chi connectivity index (χ1) is 9.45. The molecule has 2 heterocycles. The van der Waals surface area contributed by atoms with Crippen molar-refractivity contribution >= 4 is 12.0 Å². The number of hydrogen-bond acceptors (Lipinski definition) is 3. The lowest BCUT2D eigenvalue weighted by Gasteiger charge is -2.40. The van der Waals surface area contributed by atoms with Gasteiger partial charge in [-0.15, -0.1) is 0 Å². The summed E-state index contributed by atoms with van der Waals surface area (Å²) in [6.45, 7) is 3.42. The standard InChI is InChI=1S/C14H19N3O3/c1-10-4-3-5-12(15-10)9-16(2)14(20)17-7-11(8-17)6-13(18)19/h3-5,11H,6-9H2,1-2H3,(H,18,19). The number of aryl methyl sites for hydroxylation is 1. The first kappa shape index (κ1) is 14.3. The van der Waals surface area contributed by atoms with Crippen LogP contribution >= 0.6 is 0 Å². The largest absolute Gasteiger partial charge is 0.481 e. The zero-order valence-corrected chi connectivity index (χ0v) is 11.7. The Labute approximate surface area is 118 Å². The molecular formula is C14H19N3O3. The van der Waals surface area contributed by atoms with Crippen LogP contribution in [0, 0.1) is 12.8 Å². The van der Waals surface area contributed by atoms with Crippen LogP contribution in [-0.4, -0.2) is 52.0 Å². The van der Waals surface area contributed by atoms with Gasteiger partial charge in [0.15, 0.2) is 0 Å².